The average Bonchev–Trinajstić information content (AvgIpc) is 2.25. The minimum absolute atomic E-state index is 0.245. The van der Waals surface area contributed by atoms with E-state index < -0.39 is 0 Å². The minimum Gasteiger partial charge on any atom is -0.294 e. The molecule has 3 heteroatoms. The van der Waals surface area contributed by atoms with Gasteiger partial charge in [-0.15, -0.1) is 11.6 Å². The number of rotatable bonds is 6. The zero-order valence-electron chi connectivity index (χ0n) is 8.51. The SMILES string of the molecule is O=C(CCCCCCl)c1ccccc1I. The van der Waals surface area contributed by atoms with Gasteiger partial charge in [0.1, 0.15) is 0 Å². The topological polar surface area (TPSA) is 17.1 Å². The maximum atomic E-state index is 11.8. The van der Waals surface area contributed by atoms with Gasteiger partial charge in [0.2, 0.25) is 0 Å². The first-order valence-corrected chi connectivity index (χ1v) is 6.70. The number of carbonyl (C=O) groups is 1. The smallest absolute Gasteiger partial charge is 0.163 e. The third-order valence-corrected chi connectivity index (χ3v) is 3.42. The largest absolute Gasteiger partial charge is 0.294 e. The van der Waals surface area contributed by atoms with Gasteiger partial charge in [0.05, 0.1) is 0 Å². The summed E-state index contributed by atoms with van der Waals surface area (Å²) in [4.78, 5) is 11.8. The van der Waals surface area contributed by atoms with Gasteiger partial charge in [-0.05, 0) is 41.5 Å². The van der Waals surface area contributed by atoms with E-state index in [1.54, 1.807) is 0 Å². The molecule has 0 radical (unpaired) electrons. The van der Waals surface area contributed by atoms with Crippen LogP contribution >= 0.6 is 34.2 Å². The molecule has 82 valence electrons. The normalized spacial score (nSPS) is 10.3. The number of hydrogen-bond donors (Lipinski definition) is 0. The van der Waals surface area contributed by atoms with Crippen molar-refractivity contribution in [3.05, 3.63) is 33.4 Å². The summed E-state index contributed by atoms with van der Waals surface area (Å²) >= 11 is 7.78. The lowest BCUT2D eigenvalue weighted by atomic mass is 10.1. The van der Waals surface area contributed by atoms with Crippen molar-refractivity contribution in [1.82, 2.24) is 0 Å². The lowest BCUT2D eigenvalue weighted by Gasteiger charge is -2.02. The first-order valence-electron chi connectivity index (χ1n) is 5.09. The number of halogens is 2. The maximum absolute atomic E-state index is 11.8. The Morgan fingerprint density at radius 2 is 1.93 bits per heavy atom. The fraction of sp³-hybridized carbons (Fsp3) is 0.417. The van der Waals surface area contributed by atoms with Crippen LogP contribution in [0, 0.1) is 3.57 Å². The van der Waals surface area contributed by atoms with Gasteiger partial charge in [-0.25, -0.2) is 0 Å². The fourth-order valence-corrected chi connectivity index (χ4v) is 2.26. The van der Waals surface area contributed by atoms with Crippen LogP contribution in [-0.4, -0.2) is 11.7 Å². The molecule has 0 saturated carbocycles. The van der Waals surface area contributed by atoms with E-state index in [9.17, 15) is 4.79 Å². The van der Waals surface area contributed by atoms with Crippen LogP contribution in [0.3, 0.4) is 0 Å². The van der Waals surface area contributed by atoms with Crippen LogP contribution in [0.25, 0.3) is 0 Å². The molecule has 0 aliphatic heterocycles. The van der Waals surface area contributed by atoms with Gasteiger partial charge in [-0.1, -0.05) is 24.6 Å². The van der Waals surface area contributed by atoms with Gasteiger partial charge < -0.3 is 0 Å². The molecule has 0 unspecified atom stereocenters. The predicted molar refractivity (Wildman–Crippen MR) is 72.7 cm³/mol. The molecule has 0 saturated heterocycles. The minimum atomic E-state index is 0.245. The van der Waals surface area contributed by atoms with Gasteiger partial charge in [-0.2, -0.15) is 0 Å². The third kappa shape index (κ3) is 4.51. The van der Waals surface area contributed by atoms with Gasteiger partial charge in [0.25, 0.3) is 0 Å². The number of alkyl halides is 1. The molecule has 0 aromatic heterocycles. The zero-order chi connectivity index (χ0) is 11.1. The Hall–Kier alpha value is -0.0900. The highest BCUT2D eigenvalue weighted by Crippen LogP contribution is 2.15. The molecule has 0 aliphatic carbocycles. The zero-order valence-corrected chi connectivity index (χ0v) is 11.4. The first kappa shape index (κ1) is 13.0. The maximum Gasteiger partial charge on any atom is 0.163 e. The summed E-state index contributed by atoms with van der Waals surface area (Å²) in [6, 6.07) is 7.72. The molecule has 0 N–H and O–H groups in total. The Balaban J connectivity index is 2.44. The predicted octanol–water partition coefficient (Wildman–Crippen LogP) is 4.27. The summed E-state index contributed by atoms with van der Waals surface area (Å²) in [5.41, 5.74) is 0.851. The summed E-state index contributed by atoms with van der Waals surface area (Å²) in [6.07, 6.45) is 3.62. The molecule has 0 fully saturated rings. The third-order valence-electron chi connectivity index (χ3n) is 2.21. The Morgan fingerprint density at radius 1 is 1.20 bits per heavy atom. The molecule has 1 nitrogen and oxygen atoms in total. The highest BCUT2D eigenvalue weighted by Gasteiger charge is 2.08. The van der Waals surface area contributed by atoms with E-state index in [1.807, 2.05) is 24.3 Å². The standard InChI is InChI=1S/C12H14ClIO/c13-9-5-1-2-8-12(15)10-6-3-4-7-11(10)14/h3-4,6-7H,1-2,5,8-9H2. The van der Waals surface area contributed by atoms with Gasteiger partial charge in [0, 0.05) is 21.4 Å². The number of Topliss-reactive ketones (excluding diaryl/α,β-unsaturated/α-hetero) is 1. The Kier molecular flexibility index (Phi) is 6.25. The Labute approximate surface area is 109 Å². The molecule has 15 heavy (non-hydrogen) atoms. The van der Waals surface area contributed by atoms with E-state index in [4.69, 9.17) is 11.6 Å². The fourth-order valence-electron chi connectivity index (χ4n) is 1.38. The molecule has 0 aliphatic rings. The summed E-state index contributed by atoms with van der Waals surface area (Å²) in [6.45, 7) is 0. The van der Waals surface area contributed by atoms with Crippen molar-refractivity contribution in [2.75, 3.05) is 5.88 Å². The van der Waals surface area contributed by atoms with Gasteiger partial charge in [-0.3, -0.25) is 4.79 Å². The number of hydrogen-bond acceptors (Lipinski definition) is 1. The monoisotopic (exact) mass is 336 g/mol. The Morgan fingerprint density at radius 3 is 2.60 bits per heavy atom. The summed E-state index contributed by atoms with van der Waals surface area (Å²) < 4.78 is 1.04. The van der Waals surface area contributed by atoms with Crippen LogP contribution in [0.4, 0.5) is 0 Å². The molecular formula is C12H14ClIO. The number of ketones is 1. The molecule has 1 aromatic rings. The number of unbranched alkanes of at least 4 members (excludes halogenated alkanes) is 2. The van der Waals surface area contributed by atoms with Crippen LogP contribution in [-0.2, 0) is 0 Å². The molecule has 1 rings (SSSR count). The van der Waals surface area contributed by atoms with E-state index in [-0.39, 0.29) is 5.78 Å². The Bertz CT molecular complexity index is 325. The van der Waals surface area contributed by atoms with E-state index in [0.29, 0.717) is 12.3 Å². The second kappa shape index (κ2) is 7.23. The van der Waals surface area contributed by atoms with Gasteiger partial charge >= 0.3 is 0 Å². The van der Waals surface area contributed by atoms with Crippen molar-refractivity contribution in [2.24, 2.45) is 0 Å². The first-order chi connectivity index (χ1) is 7.25. The van der Waals surface area contributed by atoms with Crippen LogP contribution < -0.4 is 0 Å². The van der Waals surface area contributed by atoms with Crippen LogP contribution in [0.2, 0.25) is 0 Å². The van der Waals surface area contributed by atoms with Crippen molar-refractivity contribution in [3.63, 3.8) is 0 Å². The molecular weight excluding hydrogens is 322 g/mol. The molecule has 0 atom stereocenters. The molecule has 1 aromatic carbocycles. The van der Waals surface area contributed by atoms with Crippen LogP contribution in [0.5, 0.6) is 0 Å². The van der Waals surface area contributed by atoms with Gasteiger partial charge in [0.15, 0.2) is 5.78 Å². The second-order valence-corrected chi connectivity index (χ2v) is 4.94. The highest BCUT2D eigenvalue weighted by atomic mass is 127. The van der Waals surface area contributed by atoms with Crippen molar-refractivity contribution < 1.29 is 4.79 Å². The number of carbonyl (C=O) groups excluding carboxylic acids is 1. The molecule has 0 amide bonds. The van der Waals surface area contributed by atoms with Crippen LogP contribution in [0.15, 0.2) is 24.3 Å². The molecule has 0 bridgehead atoms. The lowest BCUT2D eigenvalue weighted by molar-refractivity contribution is 0.0978. The molecule has 0 heterocycles. The van der Waals surface area contributed by atoms with Crippen molar-refractivity contribution in [1.29, 1.82) is 0 Å². The van der Waals surface area contributed by atoms with E-state index in [2.05, 4.69) is 22.6 Å². The lowest BCUT2D eigenvalue weighted by Crippen LogP contribution is -2.01. The summed E-state index contributed by atoms with van der Waals surface area (Å²) in [5, 5.41) is 0. The number of benzene rings is 1. The van der Waals surface area contributed by atoms with Crippen molar-refractivity contribution >= 4 is 40.0 Å². The average molecular weight is 337 g/mol. The highest BCUT2D eigenvalue weighted by molar-refractivity contribution is 14.1. The van der Waals surface area contributed by atoms with Crippen molar-refractivity contribution in [3.8, 4) is 0 Å². The van der Waals surface area contributed by atoms with Crippen LogP contribution in [0.1, 0.15) is 36.0 Å². The molecule has 0 spiro atoms. The quantitative estimate of drug-likeness (QED) is 0.328. The summed E-state index contributed by atoms with van der Waals surface area (Å²) in [7, 11) is 0. The summed E-state index contributed by atoms with van der Waals surface area (Å²) in [5.74, 6) is 0.937. The van der Waals surface area contributed by atoms with Crippen molar-refractivity contribution in [2.45, 2.75) is 25.7 Å². The second-order valence-electron chi connectivity index (χ2n) is 3.40. The van der Waals surface area contributed by atoms with E-state index >= 15 is 0 Å². The van der Waals surface area contributed by atoms with E-state index in [1.165, 1.54) is 0 Å². The van der Waals surface area contributed by atoms with E-state index in [0.717, 1.165) is 28.4 Å².